The van der Waals surface area contributed by atoms with E-state index in [0.29, 0.717) is 36.5 Å². The second-order valence-electron chi connectivity index (χ2n) is 8.55. The summed E-state index contributed by atoms with van der Waals surface area (Å²) in [5, 5.41) is 26.7. The topological polar surface area (TPSA) is 114 Å². The van der Waals surface area contributed by atoms with Gasteiger partial charge in [-0.2, -0.15) is 10.4 Å². The molecule has 9 nitrogen and oxygen atoms in total. The molecule has 1 aromatic heterocycles. The first-order valence-electron chi connectivity index (χ1n) is 10.6. The highest BCUT2D eigenvalue weighted by Gasteiger charge is 2.37. The highest BCUT2D eigenvalue weighted by molar-refractivity contribution is 5.95. The van der Waals surface area contributed by atoms with Gasteiger partial charge in [-0.1, -0.05) is 6.08 Å². The van der Waals surface area contributed by atoms with Gasteiger partial charge < -0.3 is 20.2 Å². The number of amides is 3. The molecule has 10 heteroatoms. The summed E-state index contributed by atoms with van der Waals surface area (Å²) in [4.78, 5) is 29.3. The Kier molecular flexibility index (Phi) is 5.91. The van der Waals surface area contributed by atoms with E-state index >= 15 is 0 Å². The number of nitrogens with one attached hydrogen (secondary N) is 1. The van der Waals surface area contributed by atoms with E-state index < -0.39 is 18.0 Å². The molecular weight excluding hydrogens is 427 g/mol. The van der Waals surface area contributed by atoms with Crippen LogP contribution in [-0.4, -0.2) is 62.4 Å². The molecular formula is C23H25FN6O3. The predicted molar refractivity (Wildman–Crippen MR) is 118 cm³/mol. The summed E-state index contributed by atoms with van der Waals surface area (Å²) < 4.78 is 15.2. The van der Waals surface area contributed by atoms with Gasteiger partial charge in [0.15, 0.2) is 0 Å². The average Bonchev–Trinajstić information content (AvgIpc) is 3.08. The van der Waals surface area contributed by atoms with Crippen molar-refractivity contribution in [1.29, 1.82) is 5.26 Å². The zero-order valence-electron chi connectivity index (χ0n) is 18.5. The van der Waals surface area contributed by atoms with Crippen LogP contribution in [0.4, 0.5) is 14.9 Å². The molecule has 3 amide bonds. The Morgan fingerprint density at radius 1 is 1.45 bits per heavy atom. The van der Waals surface area contributed by atoms with E-state index in [-0.39, 0.29) is 30.0 Å². The normalized spacial score (nSPS) is 20.9. The van der Waals surface area contributed by atoms with E-state index in [4.69, 9.17) is 5.26 Å². The summed E-state index contributed by atoms with van der Waals surface area (Å²) in [5.41, 5.74) is 2.01. The van der Waals surface area contributed by atoms with Crippen molar-refractivity contribution >= 4 is 17.6 Å². The van der Waals surface area contributed by atoms with Crippen LogP contribution in [0.5, 0.6) is 0 Å². The summed E-state index contributed by atoms with van der Waals surface area (Å²) in [6, 6.07) is 4.94. The van der Waals surface area contributed by atoms with Crippen molar-refractivity contribution in [2.24, 2.45) is 5.92 Å². The van der Waals surface area contributed by atoms with Crippen molar-refractivity contribution in [3.63, 3.8) is 0 Å². The molecule has 2 aromatic rings. The van der Waals surface area contributed by atoms with E-state index in [9.17, 15) is 19.1 Å². The number of benzene rings is 1. The van der Waals surface area contributed by atoms with Crippen LogP contribution in [0.1, 0.15) is 34.2 Å². The minimum Gasteiger partial charge on any atom is -0.389 e. The highest BCUT2D eigenvalue weighted by atomic mass is 19.1. The lowest BCUT2D eigenvalue weighted by atomic mass is 9.99. The third kappa shape index (κ3) is 4.07. The lowest BCUT2D eigenvalue weighted by molar-refractivity contribution is 0.0724. The Balaban J connectivity index is 1.62. The SMILES string of the molecule is C=C[C@@H](O)C1CN(C)C(=O)c2c3c(nn2C1)C[C@@H](C)N(C(=O)Nc1ccc(F)c(C#N)c1)C3. The van der Waals surface area contributed by atoms with Crippen molar-refractivity contribution in [1.82, 2.24) is 19.6 Å². The van der Waals surface area contributed by atoms with Gasteiger partial charge in [-0.15, -0.1) is 6.58 Å². The second kappa shape index (κ2) is 8.67. The second-order valence-corrected chi connectivity index (χ2v) is 8.55. The van der Waals surface area contributed by atoms with Gasteiger partial charge in [0.1, 0.15) is 17.6 Å². The molecule has 4 rings (SSSR count). The number of hydrogen-bond donors (Lipinski definition) is 2. The lowest BCUT2D eigenvalue weighted by Gasteiger charge is -2.33. The summed E-state index contributed by atoms with van der Waals surface area (Å²) in [5.74, 6) is -1.12. The van der Waals surface area contributed by atoms with Gasteiger partial charge in [0.05, 0.1) is 23.9 Å². The lowest BCUT2D eigenvalue weighted by Crippen LogP contribution is -2.45. The maximum Gasteiger partial charge on any atom is 0.322 e. The monoisotopic (exact) mass is 452 g/mol. The van der Waals surface area contributed by atoms with Crippen molar-refractivity contribution < 1.29 is 19.1 Å². The summed E-state index contributed by atoms with van der Waals surface area (Å²) in [7, 11) is 1.68. The van der Waals surface area contributed by atoms with Gasteiger partial charge in [-0.3, -0.25) is 9.48 Å². The molecule has 2 aliphatic rings. The van der Waals surface area contributed by atoms with Gasteiger partial charge >= 0.3 is 6.03 Å². The Bertz CT molecular complexity index is 1170. The zero-order valence-corrected chi connectivity index (χ0v) is 18.5. The van der Waals surface area contributed by atoms with Gasteiger partial charge in [0, 0.05) is 49.8 Å². The van der Waals surface area contributed by atoms with Gasteiger partial charge in [0.25, 0.3) is 5.91 Å². The number of nitriles is 1. The largest absolute Gasteiger partial charge is 0.389 e. The molecule has 172 valence electrons. The molecule has 3 atom stereocenters. The number of urea groups is 1. The molecule has 0 saturated carbocycles. The highest BCUT2D eigenvalue weighted by Crippen LogP contribution is 2.30. The van der Waals surface area contributed by atoms with Crippen molar-refractivity contribution in [2.45, 2.75) is 38.6 Å². The third-order valence-electron chi connectivity index (χ3n) is 6.27. The fraction of sp³-hybridized carbons (Fsp3) is 0.391. The number of carbonyl (C=O) groups is 2. The van der Waals surface area contributed by atoms with Crippen LogP contribution < -0.4 is 5.32 Å². The van der Waals surface area contributed by atoms with E-state index in [1.54, 1.807) is 27.6 Å². The van der Waals surface area contributed by atoms with Gasteiger partial charge in [-0.25, -0.2) is 9.18 Å². The quantitative estimate of drug-likeness (QED) is 0.693. The number of aliphatic hydroxyl groups excluding tert-OH is 1. The number of aliphatic hydroxyl groups is 1. The summed E-state index contributed by atoms with van der Waals surface area (Å²) in [6.45, 7) is 6.43. The van der Waals surface area contributed by atoms with Crippen LogP contribution in [0.2, 0.25) is 0 Å². The smallest absolute Gasteiger partial charge is 0.322 e. The molecule has 3 heterocycles. The minimum absolute atomic E-state index is 0.159. The number of carbonyl (C=O) groups excluding carboxylic acids is 2. The number of nitrogens with zero attached hydrogens (tertiary/aromatic N) is 5. The molecule has 0 bridgehead atoms. The average molecular weight is 452 g/mol. The van der Waals surface area contributed by atoms with Crippen LogP contribution in [-0.2, 0) is 19.5 Å². The molecule has 1 aromatic carbocycles. The predicted octanol–water partition coefficient (Wildman–Crippen LogP) is 2.12. The van der Waals surface area contributed by atoms with Gasteiger partial charge in [0.2, 0.25) is 0 Å². The number of anilines is 1. The molecule has 2 aliphatic heterocycles. The third-order valence-corrected chi connectivity index (χ3v) is 6.27. The fourth-order valence-electron chi connectivity index (χ4n) is 4.43. The van der Waals surface area contributed by atoms with E-state index in [2.05, 4.69) is 17.0 Å². The van der Waals surface area contributed by atoms with E-state index in [0.717, 1.165) is 11.8 Å². The fourth-order valence-corrected chi connectivity index (χ4v) is 4.43. The Morgan fingerprint density at radius 3 is 2.91 bits per heavy atom. The molecule has 0 spiro atoms. The van der Waals surface area contributed by atoms with E-state index in [1.807, 2.05) is 6.92 Å². The Hall–Kier alpha value is -3.71. The van der Waals surface area contributed by atoms with Crippen molar-refractivity contribution in [2.75, 3.05) is 18.9 Å². The van der Waals surface area contributed by atoms with Crippen LogP contribution in [0.3, 0.4) is 0 Å². The number of halogens is 1. The maximum absolute atomic E-state index is 13.6. The van der Waals surface area contributed by atoms with Crippen LogP contribution >= 0.6 is 0 Å². The first kappa shape index (κ1) is 22.5. The molecule has 1 unspecified atom stereocenters. The maximum atomic E-state index is 13.6. The van der Waals surface area contributed by atoms with Crippen molar-refractivity contribution in [3.05, 3.63) is 59.2 Å². The Morgan fingerprint density at radius 2 is 2.21 bits per heavy atom. The van der Waals surface area contributed by atoms with E-state index in [1.165, 1.54) is 18.2 Å². The minimum atomic E-state index is -0.775. The van der Waals surface area contributed by atoms with Crippen LogP contribution in [0, 0.1) is 23.1 Å². The number of aromatic nitrogens is 2. The number of fused-ring (bicyclic) bond motifs is 3. The number of hydrogen-bond acceptors (Lipinski definition) is 5. The standard InChI is InChI=1S/C23H25FN6O3/c1-4-20(31)15-10-28(3)22(32)21-17-12-29(13(2)7-19(17)27-30(21)11-15)23(33)26-16-5-6-18(24)14(8-16)9-25/h4-6,8,13,15,20,31H,1,7,10-12H2,2-3H3,(H,26,33)/t13-,15?,20-/m1/s1. The van der Waals surface area contributed by atoms with Crippen molar-refractivity contribution in [3.8, 4) is 6.07 Å². The molecule has 33 heavy (non-hydrogen) atoms. The van der Waals surface area contributed by atoms with Crippen LogP contribution in [0.25, 0.3) is 0 Å². The number of rotatable bonds is 3. The molecule has 2 N–H and O–H groups in total. The Labute approximate surface area is 190 Å². The summed E-state index contributed by atoms with van der Waals surface area (Å²) >= 11 is 0. The molecule has 0 aliphatic carbocycles. The molecule has 0 fully saturated rings. The van der Waals surface area contributed by atoms with Crippen LogP contribution in [0.15, 0.2) is 30.9 Å². The molecule has 0 saturated heterocycles. The first-order valence-corrected chi connectivity index (χ1v) is 10.6. The molecule has 0 radical (unpaired) electrons. The van der Waals surface area contributed by atoms with Gasteiger partial charge in [-0.05, 0) is 25.1 Å². The summed E-state index contributed by atoms with van der Waals surface area (Å²) in [6.07, 6.45) is 1.14. The first-order chi connectivity index (χ1) is 15.7. The zero-order chi connectivity index (χ0) is 23.9.